The summed E-state index contributed by atoms with van der Waals surface area (Å²) in [5, 5.41) is 12.5. The third-order valence-electron chi connectivity index (χ3n) is 4.22. The van der Waals surface area contributed by atoms with Crippen molar-refractivity contribution in [2.75, 3.05) is 19.7 Å². The van der Waals surface area contributed by atoms with Gasteiger partial charge in [-0.05, 0) is 58.5 Å². The second-order valence-electron chi connectivity index (χ2n) is 5.75. The third kappa shape index (κ3) is 2.76. The lowest BCUT2D eigenvalue weighted by Crippen LogP contribution is -2.36. The van der Waals surface area contributed by atoms with Gasteiger partial charge in [0, 0.05) is 18.1 Å². The monoisotopic (exact) mass is 226 g/mol. The van der Waals surface area contributed by atoms with Crippen LogP contribution in [0.5, 0.6) is 0 Å². The molecule has 2 aliphatic heterocycles. The molecular formula is C13H26N2O. The predicted molar refractivity (Wildman–Crippen MR) is 66.5 cm³/mol. The van der Waals surface area contributed by atoms with E-state index >= 15 is 0 Å². The highest BCUT2D eigenvalue weighted by Crippen LogP contribution is 2.28. The van der Waals surface area contributed by atoms with E-state index in [1.165, 1.54) is 32.2 Å². The lowest BCUT2D eigenvalue weighted by atomic mass is 9.95. The number of hydrogen-bond donors (Lipinski definition) is 2. The topological polar surface area (TPSA) is 35.5 Å². The Labute approximate surface area is 99.2 Å². The van der Waals surface area contributed by atoms with Gasteiger partial charge in [0.25, 0.3) is 0 Å². The van der Waals surface area contributed by atoms with Crippen LogP contribution in [0.1, 0.15) is 39.5 Å². The standard InChI is InChI=1S/C13H26N2O/c1-10(2)15-5-3-4-13(15)7-11-6-12(9-16)14-8-11/h10-14,16H,3-9H2,1-2H3. The zero-order chi connectivity index (χ0) is 11.5. The Balaban J connectivity index is 1.81. The van der Waals surface area contributed by atoms with Crippen molar-refractivity contribution in [2.24, 2.45) is 5.92 Å². The molecule has 0 bridgehead atoms. The maximum absolute atomic E-state index is 9.11. The molecule has 2 N–H and O–H groups in total. The molecule has 16 heavy (non-hydrogen) atoms. The normalized spacial score (nSPS) is 36.4. The van der Waals surface area contributed by atoms with Gasteiger partial charge in [-0.1, -0.05) is 0 Å². The molecule has 3 unspecified atom stereocenters. The molecule has 0 aliphatic carbocycles. The van der Waals surface area contributed by atoms with Gasteiger partial charge in [0.1, 0.15) is 0 Å². The first kappa shape index (κ1) is 12.3. The van der Waals surface area contributed by atoms with E-state index in [1.54, 1.807) is 0 Å². The van der Waals surface area contributed by atoms with Crippen molar-refractivity contribution in [1.82, 2.24) is 10.2 Å². The fourth-order valence-electron chi connectivity index (χ4n) is 3.40. The van der Waals surface area contributed by atoms with Gasteiger partial charge >= 0.3 is 0 Å². The van der Waals surface area contributed by atoms with E-state index in [1.807, 2.05) is 0 Å². The molecule has 0 saturated carbocycles. The number of aliphatic hydroxyl groups is 1. The largest absolute Gasteiger partial charge is 0.395 e. The van der Waals surface area contributed by atoms with E-state index < -0.39 is 0 Å². The molecule has 94 valence electrons. The van der Waals surface area contributed by atoms with Crippen molar-refractivity contribution >= 4 is 0 Å². The van der Waals surface area contributed by atoms with Crippen molar-refractivity contribution in [1.29, 1.82) is 0 Å². The van der Waals surface area contributed by atoms with E-state index in [0.29, 0.717) is 18.7 Å². The van der Waals surface area contributed by atoms with Crippen LogP contribution in [0.25, 0.3) is 0 Å². The van der Waals surface area contributed by atoms with E-state index in [4.69, 9.17) is 5.11 Å². The highest BCUT2D eigenvalue weighted by Gasteiger charge is 2.31. The molecular weight excluding hydrogens is 200 g/mol. The van der Waals surface area contributed by atoms with Gasteiger partial charge in [-0.2, -0.15) is 0 Å². The number of nitrogens with one attached hydrogen (secondary N) is 1. The van der Waals surface area contributed by atoms with Crippen LogP contribution in [0.2, 0.25) is 0 Å². The van der Waals surface area contributed by atoms with Crippen LogP contribution >= 0.6 is 0 Å². The zero-order valence-corrected chi connectivity index (χ0v) is 10.7. The van der Waals surface area contributed by atoms with E-state index in [0.717, 1.165) is 18.5 Å². The minimum atomic E-state index is 0.301. The summed E-state index contributed by atoms with van der Waals surface area (Å²) >= 11 is 0. The Bertz CT molecular complexity index is 220. The van der Waals surface area contributed by atoms with Gasteiger partial charge in [-0.25, -0.2) is 0 Å². The average Bonchev–Trinajstić information content (AvgIpc) is 2.87. The van der Waals surface area contributed by atoms with Crippen LogP contribution in [0, 0.1) is 5.92 Å². The summed E-state index contributed by atoms with van der Waals surface area (Å²) in [5.41, 5.74) is 0. The molecule has 0 spiro atoms. The van der Waals surface area contributed by atoms with Gasteiger partial charge in [-0.15, -0.1) is 0 Å². The first-order valence-electron chi connectivity index (χ1n) is 6.80. The molecule has 2 saturated heterocycles. The van der Waals surface area contributed by atoms with Crippen molar-refractivity contribution in [2.45, 2.75) is 57.7 Å². The zero-order valence-electron chi connectivity index (χ0n) is 10.7. The predicted octanol–water partition coefficient (Wildman–Crippen LogP) is 1.22. The Morgan fingerprint density at radius 2 is 2.25 bits per heavy atom. The van der Waals surface area contributed by atoms with Gasteiger partial charge < -0.3 is 10.4 Å². The summed E-state index contributed by atoms with van der Waals surface area (Å²) in [6.07, 6.45) is 5.23. The molecule has 0 amide bonds. The van der Waals surface area contributed by atoms with E-state index in [2.05, 4.69) is 24.1 Å². The molecule has 3 nitrogen and oxygen atoms in total. The molecule has 2 aliphatic rings. The lowest BCUT2D eigenvalue weighted by molar-refractivity contribution is 0.178. The Morgan fingerprint density at radius 3 is 2.88 bits per heavy atom. The van der Waals surface area contributed by atoms with Crippen molar-refractivity contribution < 1.29 is 5.11 Å². The molecule has 0 radical (unpaired) electrons. The van der Waals surface area contributed by atoms with Crippen LogP contribution in [0.4, 0.5) is 0 Å². The number of rotatable bonds is 4. The number of aliphatic hydroxyl groups excluding tert-OH is 1. The molecule has 2 rings (SSSR count). The Hall–Kier alpha value is -0.120. The SMILES string of the molecule is CC(C)N1CCCC1CC1CNC(CO)C1. The maximum Gasteiger partial charge on any atom is 0.0584 e. The fourth-order valence-corrected chi connectivity index (χ4v) is 3.40. The van der Waals surface area contributed by atoms with Crippen LogP contribution in [-0.4, -0.2) is 47.8 Å². The molecule has 0 aromatic carbocycles. The summed E-state index contributed by atoms with van der Waals surface area (Å²) in [7, 11) is 0. The summed E-state index contributed by atoms with van der Waals surface area (Å²) in [6, 6.07) is 1.85. The van der Waals surface area contributed by atoms with Crippen molar-refractivity contribution in [3.63, 3.8) is 0 Å². The minimum Gasteiger partial charge on any atom is -0.395 e. The first-order valence-corrected chi connectivity index (χ1v) is 6.80. The molecule has 3 heteroatoms. The summed E-state index contributed by atoms with van der Waals surface area (Å²) in [5.74, 6) is 0.779. The van der Waals surface area contributed by atoms with Gasteiger partial charge in [-0.3, -0.25) is 4.90 Å². The lowest BCUT2D eigenvalue weighted by Gasteiger charge is -2.30. The van der Waals surface area contributed by atoms with Crippen LogP contribution in [0.15, 0.2) is 0 Å². The van der Waals surface area contributed by atoms with Gasteiger partial charge in [0.05, 0.1) is 6.61 Å². The van der Waals surface area contributed by atoms with Crippen molar-refractivity contribution in [3.05, 3.63) is 0 Å². The smallest absolute Gasteiger partial charge is 0.0584 e. The summed E-state index contributed by atoms with van der Waals surface area (Å²) in [4.78, 5) is 2.66. The minimum absolute atomic E-state index is 0.301. The molecule has 3 atom stereocenters. The van der Waals surface area contributed by atoms with Gasteiger partial charge in [0.2, 0.25) is 0 Å². The second kappa shape index (κ2) is 5.48. The number of likely N-dealkylation sites (tertiary alicyclic amines) is 1. The van der Waals surface area contributed by atoms with E-state index in [-0.39, 0.29) is 0 Å². The third-order valence-corrected chi connectivity index (χ3v) is 4.22. The van der Waals surface area contributed by atoms with Crippen LogP contribution < -0.4 is 5.32 Å². The van der Waals surface area contributed by atoms with Gasteiger partial charge in [0.15, 0.2) is 0 Å². The number of nitrogens with zero attached hydrogens (tertiary/aromatic N) is 1. The van der Waals surface area contributed by atoms with Crippen molar-refractivity contribution in [3.8, 4) is 0 Å². The Kier molecular flexibility index (Phi) is 4.22. The summed E-state index contributed by atoms with van der Waals surface area (Å²) in [6.45, 7) is 7.30. The highest BCUT2D eigenvalue weighted by atomic mass is 16.3. The summed E-state index contributed by atoms with van der Waals surface area (Å²) < 4.78 is 0. The van der Waals surface area contributed by atoms with Crippen LogP contribution in [0.3, 0.4) is 0 Å². The fraction of sp³-hybridized carbons (Fsp3) is 1.00. The first-order chi connectivity index (χ1) is 7.70. The highest BCUT2D eigenvalue weighted by molar-refractivity contribution is 4.88. The molecule has 0 aromatic heterocycles. The quantitative estimate of drug-likeness (QED) is 0.756. The maximum atomic E-state index is 9.11. The van der Waals surface area contributed by atoms with E-state index in [9.17, 15) is 0 Å². The van der Waals surface area contributed by atoms with Crippen LogP contribution in [-0.2, 0) is 0 Å². The number of hydrogen-bond acceptors (Lipinski definition) is 3. The molecule has 0 aromatic rings. The molecule has 2 fully saturated rings. The Morgan fingerprint density at radius 1 is 1.44 bits per heavy atom. The molecule has 2 heterocycles. The second-order valence-corrected chi connectivity index (χ2v) is 5.75. The average molecular weight is 226 g/mol.